The molecule has 0 amide bonds. The van der Waals surface area contributed by atoms with Crippen LogP contribution in [-0.4, -0.2) is 30.8 Å². The Morgan fingerprint density at radius 1 is 1.12 bits per heavy atom. The summed E-state index contributed by atoms with van der Waals surface area (Å²) in [6, 6.07) is 5.19. The molecular weight excluding hydrogens is 308 g/mol. The van der Waals surface area contributed by atoms with Gasteiger partial charge in [-0.25, -0.2) is 0 Å². The number of nitrogens with zero attached hydrogens (tertiary/aromatic N) is 1. The molecule has 4 aliphatic rings. The molecule has 0 spiro atoms. The summed E-state index contributed by atoms with van der Waals surface area (Å²) in [5.74, 6) is 2.13. The molecule has 3 fully saturated rings. The van der Waals surface area contributed by atoms with E-state index < -0.39 is 0 Å². The van der Waals surface area contributed by atoms with Gasteiger partial charge in [0.1, 0.15) is 5.75 Å². The second kappa shape index (κ2) is 5.90. The predicted molar refractivity (Wildman–Crippen MR) is 102 cm³/mol. The Kier molecular flexibility index (Phi) is 3.78. The van der Waals surface area contributed by atoms with E-state index in [1.165, 1.54) is 56.1 Å². The highest BCUT2D eigenvalue weighted by molar-refractivity contribution is 5.64. The van der Waals surface area contributed by atoms with Crippen molar-refractivity contribution in [2.45, 2.75) is 69.7 Å². The van der Waals surface area contributed by atoms with Gasteiger partial charge in [-0.3, -0.25) is 0 Å². The first kappa shape index (κ1) is 16.0. The van der Waals surface area contributed by atoms with Crippen LogP contribution in [0.1, 0.15) is 63.0 Å². The lowest BCUT2D eigenvalue weighted by Gasteiger charge is -2.56. The summed E-state index contributed by atoms with van der Waals surface area (Å²) in [5.41, 5.74) is 4.45. The molecule has 3 heteroatoms. The number of piperidine rings is 2. The minimum atomic E-state index is 0.341. The Labute approximate surface area is 151 Å². The quantitative estimate of drug-likeness (QED) is 0.812. The van der Waals surface area contributed by atoms with Gasteiger partial charge >= 0.3 is 0 Å². The lowest BCUT2D eigenvalue weighted by molar-refractivity contribution is 0.0795. The molecule has 3 atom stereocenters. The van der Waals surface area contributed by atoms with E-state index in [4.69, 9.17) is 0 Å². The zero-order valence-corrected chi connectivity index (χ0v) is 15.6. The third-order valence-electron chi connectivity index (χ3n) is 7.86. The number of hydrogen-bond acceptors (Lipinski definition) is 3. The SMILES string of the molecule is CC1CCN(c2cc3c(cc2O)[C@@]24CCCC[C@H]2[C@@H](C3)NCC4)CC1. The van der Waals surface area contributed by atoms with Crippen molar-refractivity contribution in [1.29, 1.82) is 0 Å². The Balaban J connectivity index is 1.55. The average Bonchev–Trinajstić information content (AvgIpc) is 2.63. The van der Waals surface area contributed by atoms with E-state index in [0.29, 0.717) is 17.2 Å². The first-order valence-electron chi connectivity index (χ1n) is 10.5. The second-order valence-electron chi connectivity index (χ2n) is 9.19. The highest BCUT2D eigenvalue weighted by atomic mass is 16.3. The number of phenols is 1. The highest BCUT2D eigenvalue weighted by Gasteiger charge is 2.51. The van der Waals surface area contributed by atoms with E-state index >= 15 is 0 Å². The zero-order chi connectivity index (χ0) is 17.0. The molecule has 2 heterocycles. The Hall–Kier alpha value is -1.22. The molecule has 2 aliphatic carbocycles. The van der Waals surface area contributed by atoms with Gasteiger partial charge in [0.15, 0.2) is 0 Å². The van der Waals surface area contributed by atoms with Crippen LogP contribution in [0.15, 0.2) is 12.1 Å². The van der Waals surface area contributed by atoms with Crippen LogP contribution in [0.25, 0.3) is 0 Å². The smallest absolute Gasteiger partial charge is 0.139 e. The van der Waals surface area contributed by atoms with Crippen molar-refractivity contribution in [3.05, 3.63) is 23.3 Å². The molecule has 2 aliphatic heterocycles. The maximum absolute atomic E-state index is 10.9. The zero-order valence-electron chi connectivity index (χ0n) is 15.6. The van der Waals surface area contributed by atoms with E-state index in [0.717, 1.165) is 43.6 Å². The van der Waals surface area contributed by atoms with E-state index in [1.807, 2.05) is 0 Å². The van der Waals surface area contributed by atoms with Crippen LogP contribution in [0.2, 0.25) is 0 Å². The number of anilines is 1. The molecular formula is C22H32N2O. The van der Waals surface area contributed by atoms with Crippen molar-refractivity contribution in [3.63, 3.8) is 0 Å². The number of rotatable bonds is 1. The molecule has 2 bridgehead atoms. The van der Waals surface area contributed by atoms with Crippen molar-refractivity contribution < 1.29 is 5.11 Å². The van der Waals surface area contributed by atoms with E-state index in [1.54, 1.807) is 0 Å². The molecule has 2 saturated heterocycles. The molecule has 1 aromatic rings. The molecule has 5 rings (SSSR count). The number of benzene rings is 1. The average molecular weight is 341 g/mol. The number of nitrogens with one attached hydrogen (secondary N) is 1. The van der Waals surface area contributed by atoms with Crippen LogP contribution < -0.4 is 10.2 Å². The lowest BCUT2D eigenvalue weighted by Crippen LogP contribution is -2.59. The van der Waals surface area contributed by atoms with Crippen molar-refractivity contribution in [1.82, 2.24) is 5.32 Å². The summed E-state index contributed by atoms with van der Waals surface area (Å²) >= 11 is 0. The first-order valence-corrected chi connectivity index (χ1v) is 10.5. The van der Waals surface area contributed by atoms with Gasteiger partial charge in [-0.05, 0) is 80.2 Å². The molecule has 3 nitrogen and oxygen atoms in total. The highest BCUT2D eigenvalue weighted by Crippen LogP contribution is 2.55. The maximum atomic E-state index is 10.9. The van der Waals surface area contributed by atoms with Gasteiger partial charge in [0.25, 0.3) is 0 Å². The molecule has 0 aromatic heterocycles. The molecule has 0 radical (unpaired) electrons. The van der Waals surface area contributed by atoms with E-state index in [-0.39, 0.29) is 0 Å². The van der Waals surface area contributed by atoms with Crippen LogP contribution in [0.4, 0.5) is 5.69 Å². The monoisotopic (exact) mass is 340 g/mol. The predicted octanol–water partition coefficient (Wildman–Crippen LogP) is 3.97. The summed E-state index contributed by atoms with van der Waals surface area (Å²) in [5, 5.41) is 14.7. The number of phenolic OH excluding ortho intramolecular Hbond substituents is 1. The van der Waals surface area contributed by atoms with Gasteiger partial charge in [0.2, 0.25) is 0 Å². The second-order valence-corrected chi connectivity index (χ2v) is 9.19. The summed E-state index contributed by atoms with van der Waals surface area (Å²) in [6.45, 7) is 5.67. The van der Waals surface area contributed by atoms with Gasteiger partial charge in [-0.1, -0.05) is 19.8 Å². The van der Waals surface area contributed by atoms with Crippen LogP contribution in [0, 0.1) is 11.8 Å². The van der Waals surface area contributed by atoms with Crippen LogP contribution in [0.3, 0.4) is 0 Å². The van der Waals surface area contributed by atoms with Gasteiger partial charge in [0.05, 0.1) is 5.69 Å². The van der Waals surface area contributed by atoms with E-state index in [9.17, 15) is 5.11 Å². The minimum absolute atomic E-state index is 0.341. The fourth-order valence-electron chi connectivity index (χ4n) is 6.46. The van der Waals surface area contributed by atoms with Crippen molar-refractivity contribution in [2.75, 3.05) is 24.5 Å². The summed E-state index contributed by atoms with van der Waals surface area (Å²) in [4.78, 5) is 2.42. The van der Waals surface area contributed by atoms with Crippen molar-refractivity contribution in [2.24, 2.45) is 11.8 Å². The largest absolute Gasteiger partial charge is 0.506 e. The van der Waals surface area contributed by atoms with Crippen molar-refractivity contribution >= 4 is 5.69 Å². The molecule has 1 saturated carbocycles. The van der Waals surface area contributed by atoms with Crippen molar-refractivity contribution in [3.8, 4) is 5.75 Å². The van der Waals surface area contributed by atoms with Gasteiger partial charge in [-0.15, -0.1) is 0 Å². The first-order chi connectivity index (χ1) is 12.2. The molecule has 136 valence electrons. The van der Waals surface area contributed by atoms with Gasteiger partial charge in [-0.2, -0.15) is 0 Å². The topological polar surface area (TPSA) is 35.5 Å². The minimum Gasteiger partial charge on any atom is -0.506 e. The summed E-state index contributed by atoms with van der Waals surface area (Å²) < 4.78 is 0. The molecule has 0 unspecified atom stereocenters. The number of fused-ring (bicyclic) bond motifs is 1. The van der Waals surface area contributed by atoms with Crippen LogP contribution in [0.5, 0.6) is 5.75 Å². The van der Waals surface area contributed by atoms with Gasteiger partial charge in [0, 0.05) is 24.5 Å². The Morgan fingerprint density at radius 2 is 1.96 bits per heavy atom. The maximum Gasteiger partial charge on any atom is 0.139 e. The van der Waals surface area contributed by atoms with E-state index in [2.05, 4.69) is 29.3 Å². The number of aromatic hydroxyl groups is 1. The fourth-order valence-corrected chi connectivity index (χ4v) is 6.46. The molecule has 1 aromatic carbocycles. The Morgan fingerprint density at radius 3 is 2.80 bits per heavy atom. The van der Waals surface area contributed by atoms with Gasteiger partial charge < -0.3 is 15.3 Å². The standard InChI is InChI=1S/C22H32N2O/c1-15-5-10-24(11-6-15)20-13-16-12-19-17-4-2-3-7-22(17,8-9-23-19)18(16)14-21(20)25/h13-15,17,19,23,25H,2-12H2,1H3/t17-,19+,22+/m0/s1. The fraction of sp³-hybridized carbons (Fsp3) is 0.727. The third kappa shape index (κ3) is 2.42. The summed E-state index contributed by atoms with van der Waals surface area (Å²) in [6.07, 6.45) is 10.3. The lowest BCUT2D eigenvalue weighted by atomic mass is 9.53. The third-order valence-corrected chi connectivity index (χ3v) is 7.86. The van der Waals surface area contributed by atoms with Crippen LogP contribution >= 0.6 is 0 Å². The van der Waals surface area contributed by atoms with Crippen LogP contribution in [-0.2, 0) is 11.8 Å². The molecule has 25 heavy (non-hydrogen) atoms. The summed E-state index contributed by atoms with van der Waals surface area (Å²) in [7, 11) is 0. The number of hydrogen-bond donors (Lipinski definition) is 2. The molecule has 2 N–H and O–H groups in total. The normalized spacial score (nSPS) is 35.2. The Bertz CT molecular complexity index is 660.